The van der Waals surface area contributed by atoms with E-state index < -0.39 is 0 Å². The van der Waals surface area contributed by atoms with Gasteiger partial charge in [-0.3, -0.25) is 0 Å². The number of nitrogens with one attached hydrogen (secondary N) is 3. The molecule has 0 aliphatic carbocycles. The van der Waals surface area contributed by atoms with Crippen LogP contribution in [0.4, 0.5) is 17.1 Å². The number of pyridine rings is 3. The van der Waals surface area contributed by atoms with Crippen molar-refractivity contribution in [1.82, 2.24) is 0 Å². The van der Waals surface area contributed by atoms with Gasteiger partial charge in [0.15, 0.2) is 38.2 Å². The number of rotatable bonds is 0. The van der Waals surface area contributed by atoms with Gasteiger partial charge in [0, 0.05) is 72.7 Å². The zero-order chi connectivity index (χ0) is 33.7. The Morgan fingerprint density at radius 1 is 0.333 bits per heavy atom. The van der Waals surface area contributed by atoms with Crippen LogP contribution in [0.25, 0.3) is 32.7 Å². The maximum absolute atomic E-state index is 3.82. The molecule has 0 atom stereocenters. The monoisotopic (exact) mass is 900 g/mol. The fourth-order valence-electron chi connectivity index (χ4n) is 8.18. The molecule has 270 valence electrons. The smallest absolute Gasteiger partial charge is 0.214 e. The summed E-state index contributed by atoms with van der Waals surface area (Å²) in [5.41, 5.74) is 14.7. The van der Waals surface area contributed by atoms with Crippen LogP contribution in [-0.2, 0) is 39.3 Å². The minimum atomic E-state index is 0. The Hall–Kier alpha value is -4.83. The fraction of sp³-hybridized carbons (Fsp3) is 0.133. The topological polar surface area (TPSA) is 47.7 Å². The predicted molar refractivity (Wildman–Crippen MR) is 205 cm³/mol. The molecule has 3 aromatic heterocycles. The SMILES string of the molecule is [Br-].[Br-].[Br-].c1ccc2c(c1)c1cc[n+]2Cc2cc3cc(c2)C[n+]2ccc(c4ccccc42)NCc2cc(cc(c2)CNc2cc[n+](c4ccccc24)C3)CN1. The van der Waals surface area contributed by atoms with Gasteiger partial charge in [-0.05, 0) is 53.1 Å². The Morgan fingerprint density at radius 2 is 0.611 bits per heavy atom. The molecule has 0 radical (unpaired) electrons. The summed E-state index contributed by atoms with van der Waals surface area (Å²) in [5.74, 6) is 0. The number of hydrogen-bond acceptors (Lipinski definition) is 3. The van der Waals surface area contributed by atoms with Crippen LogP contribution >= 0.6 is 0 Å². The molecule has 0 amide bonds. The average Bonchev–Trinajstić information content (AvgIpc) is 3.16. The average molecular weight is 904 g/mol. The number of halogens is 3. The Morgan fingerprint density at radius 3 is 0.926 bits per heavy atom. The zero-order valence-corrected chi connectivity index (χ0v) is 34.3. The quantitative estimate of drug-likeness (QED) is 0.165. The van der Waals surface area contributed by atoms with E-state index in [9.17, 15) is 0 Å². The van der Waals surface area contributed by atoms with E-state index in [4.69, 9.17) is 0 Å². The molecule has 0 saturated carbocycles. The first-order chi connectivity index (χ1) is 25.2. The van der Waals surface area contributed by atoms with Crippen molar-refractivity contribution in [2.75, 3.05) is 16.0 Å². The number of hydrogen-bond donors (Lipinski definition) is 3. The van der Waals surface area contributed by atoms with Gasteiger partial charge in [0.25, 0.3) is 0 Å². The van der Waals surface area contributed by atoms with Crippen LogP contribution in [0.15, 0.2) is 146 Å². The third-order valence-electron chi connectivity index (χ3n) is 10.5. The van der Waals surface area contributed by atoms with Crippen LogP contribution in [-0.4, -0.2) is 0 Å². The molecule has 0 spiro atoms. The van der Waals surface area contributed by atoms with Crippen LogP contribution < -0.4 is 80.6 Å². The third-order valence-corrected chi connectivity index (χ3v) is 10.5. The number of anilines is 3. The zero-order valence-electron chi connectivity index (χ0n) is 29.6. The normalized spacial score (nSPS) is 13.1. The summed E-state index contributed by atoms with van der Waals surface area (Å²) in [7, 11) is 0. The molecule has 6 aliphatic rings. The number of fused-ring (bicyclic) bond motifs is 1. The summed E-state index contributed by atoms with van der Waals surface area (Å²) in [6, 6.07) is 47.2. The van der Waals surface area contributed by atoms with E-state index in [-0.39, 0.29) is 50.9 Å². The van der Waals surface area contributed by atoms with Crippen molar-refractivity contribution in [3.05, 3.63) is 179 Å². The van der Waals surface area contributed by atoms with Crippen molar-refractivity contribution in [2.45, 2.75) is 39.3 Å². The van der Waals surface area contributed by atoms with E-state index in [0.29, 0.717) is 0 Å². The molecule has 6 aliphatic heterocycles. The highest BCUT2D eigenvalue weighted by Gasteiger charge is 2.20. The van der Waals surface area contributed by atoms with Crippen LogP contribution in [0.3, 0.4) is 0 Å². The minimum Gasteiger partial charge on any atom is -1.00 e. The lowest BCUT2D eigenvalue weighted by atomic mass is 10.0. The number of aromatic nitrogens is 3. The summed E-state index contributed by atoms with van der Waals surface area (Å²) >= 11 is 0. The molecule has 6 nitrogen and oxygen atoms in total. The first-order valence-corrected chi connectivity index (χ1v) is 17.9. The van der Waals surface area contributed by atoms with Crippen molar-refractivity contribution in [2.24, 2.45) is 0 Å². The van der Waals surface area contributed by atoms with Crippen molar-refractivity contribution >= 4 is 49.8 Å². The van der Waals surface area contributed by atoms with Crippen LogP contribution in [0, 0.1) is 0 Å². The Kier molecular flexibility index (Phi) is 11.0. The minimum absolute atomic E-state index is 0. The number of para-hydroxylation sites is 3. The molecular weight excluding hydrogens is 864 g/mol. The molecule has 9 heterocycles. The largest absolute Gasteiger partial charge is 1.00 e. The summed E-state index contributed by atoms with van der Waals surface area (Å²) in [5, 5.41) is 15.1. The molecule has 0 fully saturated rings. The number of benzene rings is 5. The molecule has 54 heavy (non-hydrogen) atoms. The number of nitrogens with zero attached hydrogens (tertiary/aromatic N) is 3. The maximum atomic E-state index is 3.82. The summed E-state index contributed by atoms with van der Waals surface area (Å²) in [4.78, 5) is 0. The second-order valence-electron chi connectivity index (χ2n) is 14.0. The van der Waals surface area contributed by atoms with Crippen molar-refractivity contribution < 1.29 is 64.6 Å². The molecule has 3 N–H and O–H groups in total. The predicted octanol–water partition coefficient (Wildman–Crippen LogP) is -1.37. The first-order valence-electron chi connectivity index (χ1n) is 17.9. The Bertz CT molecular complexity index is 2350. The first kappa shape index (κ1) is 37.5. The highest BCUT2D eigenvalue weighted by atomic mass is 79.9. The van der Waals surface area contributed by atoms with Gasteiger partial charge >= 0.3 is 0 Å². The molecule has 9 heteroatoms. The molecule has 14 rings (SSSR count). The van der Waals surface area contributed by atoms with E-state index in [1.807, 2.05) is 0 Å². The molecular formula is C45H39Br3N6. The highest BCUT2D eigenvalue weighted by Crippen LogP contribution is 2.27. The van der Waals surface area contributed by atoms with Gasteiger partial charge in [-0.25, -0.2) is 0 Å². The van der Waals surface area contributed by atoms with Crippen molar-refractivity contribution in [3.63, 3.8) is 0 Å². The molecule has 8 aromatic rings. The summed E-state index contributed by atoms with van der Waals surface area (Å²) in [6.45, 7) is 4.50. The molecule has 0 unspecified atom stereocenters. The second-order valence-corrected chi connectivity index (χ2v) is 14.0. The van der Waals surface area contributed by atoms with Gasteiger partial charge < -0.3 is 66.9 Å². The van der Waals surface area contributed by atoms with E-state index in [0.717, 1.165) is 56.3 Å². The Labute approximate surface area is 346 Å². The maximum Gasteiger partial charge on any atom is 0.214 e. The van der Waals surface area contributed by atoms with Gasteiger partial charge in [0.05, 0.1) is 33.2 Å². The Balaban J connectivity index is 0.00000150. The fourth-order valence-corrected chi connectivity index (χ4v) is 8.18. The highest BCUT2D eigenvalue weighted by molar-refractivity contribution is 5.90. The van der Waals surface area contributed by atoms with Gasteiger partial charge in [0.1, 0.15) is 0 Å². The van der Waals surface area contributed by atoms with Crippen LogP contribution in [0.2, 0.25) is 0 Å². The lowest BCUT2D eigenvalue weighted by Crippen LogP contribution is -3.00. The second kappa shape index (κ2) is 15.9. The van der Waals surface area contributed by atoms with Gasteiger partial charge in [-0.2, -0.15) is 13.7 Å². The molecule has 5 aromatic carbocycles. The van der Waals surface area contributed by atoms with E-state index >= 15 is 0 Å². The van der Waals surface area contributed by atoms with Gasteiger partial charge in [-0.1, -0.05) is 54.6 Å². The molecule has 0 saturated heterocycles. The molecule has 12 bridgehead atoms. The van der Waals surface area contributed by atoms with E-state index in [2.05, 4.69) is 176 Å². The van der Waals surface area contributed by atoms with E-state index in [1.165, 1.54) is 66.1 Å². The van der Waals surface area contributed by atoms with Crippen molar-refractivity contribution in [3.8, 4) is 0 Å². The van der Waals surface area contributed by atoms with Crippen LogP contribution in [0.5, 0.6) is 0 Å². The van der Waals surface area contributed by atoms with Crippen molar-refractivity contribution in [1.29, 1.82) is 0 Å². The van der Waals surface area contributed by atoms with Gasteiger partial charge in [-0.15, -0.1) is 0 Å². The lowest BCUT2D eigenvalue weighted by Gasteiger charge is -2.16. The van der Waals surface area contributed by atoms with Gasteiger partial charge in [0.2, 0.25) is 16.6 Å². The van der Waals surface area contributed by atoms with E-state index in [1.54, 1.807) is 0 Å². The third kappa shape index (κ3) is 7.20. The summed E-state index contributed by atoms with van der Waals surface area (Å²) in [6.07, 6.45) is 6.72. The van der Waals surface area contributed by atoms with Crippen LogP contribution in [0.1, 0.15) is 33.4 Å². The standard InChI is InChI=1S/C45H36N6.3BrH/c1-4-10-43-37(7-1)40-13-16-49(43)28-34-22-35-24-36(23-34)30-51-18-15-42(39-9-3-6-12-45(39)51)48-27-33-20-31(25-46-40)19-32(21-33)26-47-41-14-17-50(29-35)44-11-5-2-8-38(41)44;;;/h1-24H,25-30H2;3*1H. The summed E-state index contributed by atoms with van der Waals surface area (Å²) < 4.78 is 7.18. The lowest BCUT2D eigenvalue weighted by molar-refractivity contribution is -0.664.